The first-order valence-corrected chi connectivity index (χ1v) is 4.15. The first-order valence-electron chi connectivity index (χ1n) is 4.15. The molecule has 3 heteroatoms. The molecule has 11 heavy (non-hydrogen) atoms. The lowest BCUT2D eigenvalue weighted by Gasteiger charge is -2.47. The van der Waals surface area contributed by atoms with E-state index in [2.05, 4.69) is 4.90 Å². The lowest BCUT2D eigenvalue weighted by molar-refractivity contribution is -0.0340. The molecule has 0 aromatic rings. The van der Waals surface area contributed by atoms with Gasteiger partial charge < -0.3 is 4.74 Å². The molecule has 64 valence electrons. The van der Waals surface area contributed by atoms with E-state index < -0.39 is 6.17 Å². The SMILES string of the molecule is COC[C@@]12CCN1C[C@@H](F)C2. The molecule has 0 spiro atoms. The van der Waals surface area contributed by atoms with Crippen LogP contribution in [0, 0.1) is 0 Å². The predicted octanol–water partition coefficient (Wildman–Crippen LogP) is 0.819. The Labute approximate surface area is 66.3 Å². The number of hydrogen-bond donors (Lipinski definition) is 0. The number of fused-ring (bicyclic) bond motifs is 1. The summed E-state index contributed by atoms with van der Waals surface area (Å²) in [5.74, 6) is 0. The fourth-order valence-electron chi connectivity index (χ4n) is 2.31. The second-order valence-electron chi connectivity index (χ2n) is 3.65. The van der Waals surface area contributed by atoms with E-state index in [1.165, 1.54) is 0 Å². The zero-order chi connectivity index (χ0) is 7.90. The van der Waals surface area contributed by atoms with E-state index in [0.29, 0.717) is 19.6 Å². The predicted molar refractivity (Wildman–Crippen MR) is 40.3 cm³/mol. The Bertz CT molecular complexity index is 164. The normalized spacial score (nSPS) is 43.6. The van der Waals surface area contributed by atoms with Gasteiger partial charge in [0.25, 0.3) is 0 Å². The molecule has 0 aromatic heterocycles. The van der Waals surface area contributed by atoms with Gasteiger partial charge in [0.1, 0.15) is 6.17 Å². The molecule has 2 nitrogen and oxygen atoms in total. The molecular formula is C8H14FNO. The second-order valence-corrected chi connectivity index (χ2v) is 3.65. The molecule has 2 aliphatic rings. The Morgan fingerprint density at radius 3 is 3.00 bits per heavy atom. The van der Waals surface area contributed by atoms with Crippen molar-refractivity contribution in [2.24, 2.45) is 0 Å². The van der Waals surface area contributed by atoms with Crippen LogP contribution >= 0.6 is 0 Å². The van der Waals surface area contributed by atoms with Crippen molar-refractivity contribution in [2.45, 2.75) is 24.6 Å². The average Bonchev–Trinajstić information content (AvgIpc) is 2.15. The summed E-state index contributed by atoms with van der Waals surface area (Å²) in [6.07, 6.45) is 1.18. The van der Waals surface area contributed by atoms with Crippen molar-refractivity contribution in [3.05, 3.63) is 0 Å². The van der Waals surface area contributed by atoms with E-state index in [0.717, 1.165) is 13.0 Å². The van der Waals surface area contributed by atoms with Gasteiger partial charge in [-0.25, -0.2) is 4.39 Å². The van der Waals surface area contributed by atoms with Crippen LogP contribution in [-0.2, 0) is 4.74 Å². The topological polar surface area (TPSA) is 12.5 Å². The van der Waals surface area contributed by atoms with Crippen LogP contribution in [-0.4, -0.2) is 43.4 Å². The Morgan fingerprint density at radius 2 is 2.55 bits per heavy atom. The minimum Gasteiger partial charge on any atom is -0.383 e. The van der Waals surface area contributed by atoms with Gasteiger partial charge in [0, 0.05) is 32.2 Å². The summed E-state index contributed by atoms with van der Waals surface area (Å²) in [6.45, 7) is 2.39. The third-order valence-corrected chi connectivity index (χ3v) is 2.95. The molecule has 2 saturated heterocycles. The lowest BCUT2D eigenvalue weighted by Crippen LogP contribution is -2.58. The van der Waals surface area contributed by atoms with Crippen LogP contribution in [0.25, 0.3) is 0 Å². The van der Waals surface area contributed by atoms with E-state index in [1.807, 2.05) is 0 Å². The van der Waals surface area contributed by atoms with Gasteiger partial charge in [-0.15, -0.1) is 0 Å². The first-order chi connectivity index (χ1) is 5.27. The quantitative estimate of drug-likeness (QED) is 0.591. The third kappa shape index (κ3) is 0.983. The number of alkyl halides is 1. The highest BCUT2D eigenvalue weighted by atomic mass is 19.1. The van der Waals surface area contributed by atoms with Crippen LogP contribution in [0.15, 0.2) is 0 Å². The minimum atomic E-state index is -0.618. The molecule has 0 saturated carbocycles. The van der Waals surface area contributed by atoms with Crippen LogP contribution in [0.4, 0.5) is 4.39 Å². The van der Waals surface area contributed by atoms with Crippen molar-refractivity contribution in [3.8, 4) is 0 Å². The van der Waals surface area contributed by atoms with Gasteiger partial charge in [-0.1, -0.05) is 0 Å². The smallest absolute Gasteiger partial charge is 0.115 e. The maximum atomic E-state index is 12.9. The van der Waals surface area contributed by atoms with Gasteiger partial charge >= 0.3 is 0 Å². The van der Waals surface area contributed by atoms with Crippen molar-refractivity contribution < 1.29 is 9.13 Å². The van der Waals surface area contributed by atoms with Crippen LogP contribution in [0.5, 0.6) is 0 Å². The number of ether oxygens (including phenoxy) is 1. The second kappa shape index (κ2) is 2.42. The monoisotopic (exact) mass is 159 g/mol. The summed E-state index contributed by atoms with van der Waals surface area (Å²) in [5.41, 5.74) is 0.0914. The standard InChI is InChI=1S/C8H14FNO/c1-11-6-8-2-3-10(8)5-7(9)4-8/h7H,2-6H2,1H3/t7-,8-/m0/s1. The number of halogens is 1. The fourth-order valence-corrected chi connectivity index (χ4v) is 2.31. The van der Waals surface area contributed by atoms with Crippen molar-refractivity contribution in [1.82, 2.24) is 4.90 Å². The first kappa shape index (κ1) is 7.50. The summed E-state index contributed by atoms with van der Waals surface area (Å²) in [4.78, 5) is 2.21. The molecule has 0 N–H and O–H groups in total. The number of nitrogens with zero attached hydrogens (tertiary/aromatic N) is 1. The molecule has 2 rings (SSSR count). The summed E-state index contributed by atoms with van der Waals surface area (Å²) >= 11 is 0. The Kier molecular flexibility index (Phi) is 1.65. The average molecular weight is 159 g/mol. The fraction of sp³-hybridized carbons (Fsp3) is 1.00. The largest absolute Gasteiger partial charge is 0.383 e. The Balaban J connectivity index is 2.02. The molecular weight excluding hydrogens is 145 g/mol. The molecule has 2 aliphatic heterocycles. The number of hydrogen-bond acceptors (Lipinski definition) is 2. The van der Waals surface area contributed by atoms with Crippen LogP contribution in [0.3, 0.4) is 0 Å². The van der Waals surface area contributed by atoms with Crippen molar-refractivity contribution in [3.63, 3.8) is 0 Å². The zero-order valence-electron chi connectivity index (χ0n) is 6.85. The number of methoxy groups -OCH3 is 1. The summed E-state index contributed by atoms with van der Waals surface area (Å²) in [5, 5.41) is 0. The lowest BCUT2D eigenvalue weighted by atomic mass is 9.86. The highest BCUT2D eigenvalue weighted by molar-refractivity contribution is 5.06. The highest BCUT2D eigenvalue weighted by Crippen LogP contribution is 2.41. The van der Waals surface area contributed by atoms with Crippen molar-refractivity contribution in [2.75, 3.05) is 26.8 Å². The minimum absolute atomic E-state index is 0.0914. The molecule has 0 aliphatic carbocycles. The molecule has 0 amide bonds. The van der Waals surface area contributed by atoms with Gasteiger partial charge in [0.2, 0.25) is 0 Å². The summed E-state index contributed by atoms with van der Waals surface area (Å²) in [6, 6.07) is 0. The van der Waals surface area contributed by atoms with Gasteiger partial charge in [0.15, 0.2) is 0 Å². The van der Waals surface area contributed by atoms with E-state index in [1.54, 1.807) is 7.11 Å². The molecule has 0 bridgehead atoms. The number of rotatable bonds is 2. The van der Waals surface area contributed by atoms with Crippen molar-refractivity contribution in [1.29, 1.82) is 0 Å². The molecule has 0 aromatic carbocycles. The summed E-state index contributed by atoms with van der Waals surface area (Å²) < 4.78 is 18.0. The summed E-state index contributed by atoms with van der Waals surface area (Å²) in [7, 11) is 1.69. The maximum absolute atomic E-state index is 12.9. The third-order valence-electron chi connectivity index (χ3n) is 2.95. The molecule has 2 atom stereocenters. The van der Waals surface area contributed by atoms with Gasteiger partial charge in [-0.2, -0.15) is 0 Å². The highest BCUT2D eigenvalue weighted by Gasteiger charge is 2.51. The van der Waals surface area contributed by atoms with Gasteiger partial charge in [-0.3, -0.25) is 4.90 Å². The Hall–Kier alpha value is -0.150. The maximum Gasteiger partial charge on any atom is 0.115 e. The molecule has 2 fully saturated rings. The van der Waals surface area contributed by atoms with Crippen LogP contribution in [0.2, 0.25) is 0 Å². The van der Waals surface area contributed by atoms with E-state index in [9.17, 15) is 4.39 Å². The Morgan fingerprint density at radius 1 is 1.73 bits per heavy atom. The molecule has 0 radical (unpaired) electrons. The van der Waals surface area contributed by atoms with Crippen molar-refractivity contribution >= 4 is 0 Å². The van der Waals surface area contributed by atoms with Gasteiger partial charge in [0.05, 0.1) is 6.61 Å². The van der Waals surface area contributed by atoms with E-state index in [4.69, 9.17) is 4.74 Å². The molecule has 2 heterocycles. The van der Waals surface area contributed by atoms with Crippen LogP contribution < -0.4 is 0 Å². The van der Waals surface area contributed by atoms with Gasteiger partial charge in [-0.05, 0) is 6.42 Å². The van der Waals surface area contributed by atoms with Crippen LogP contribution in [0.1, 0.15) is 12.8 Å². The van der Waals surface area contributed by atoms with E-state index in [-0.39, 0.29) is 5.54 Å². The zero-order valence-corrected chi connectivity index (χ0v) is 6.85. The molecule has 0 unspecified atom stereocenters. The van der Waals surface area contributed by atoms with E-state index >= 15 is 0 Å².